The molecule has 1 aliphatic carbocycles. The normalized spacial score (nSPS) is 21.5. The zero-order valence-electron chi connectivity index (χ0n) is 10.1. The van der Waals surface area contributed by atoms with Gasteiger partial charge in [0, 0.05) is 34.2 Å². The maximum atomic E-state index is 6.49. The summed E-state index contributed by atoms with van der Waals surface area (Å²) < 4.78 is 2.51. The summed E-state index contributed by atoms with van der Waals surface area (Å²) in [5.74, 6) is 0. The Balaban J connectivity index is 2.10. The molecule has 0 saturated heterocycles. The lowest BCUT2D eigenvalue weighted by Crippen LogP contribution is -2.22. The van der Waals surface area contributed by atoms with Gasteiger partial charge in [0.25, 0.3) is 0 Å². The van der Waals surface area contributed by atoms with Crippen LogP contribution in [0.4, 0.5) is 0 Å². The molecule has 1 aliphatic heterocycles. The van der Waals surface area contributed by atoms with Gasteiger partial charge in [-0.25, -0.2) is 0 Å². The van der Waals surface area contributed by atoms with Gasteiger partial charge in [0.2, 0.25) is 0 Å². The lowest BCUT2D eigenvalue weighted by Gasteiger charge is -2.19. The number of fused-ring (bicyclic) bond motifs is 3. The van der Waals surface area contributed by atoms with Crippen LogP contribution in [0.25, 0.3) is 10.9 Å². The second-order valence-corrected chi connectivity index (χ2v) is 5.60. The zero-order chi connectivity index (χ0) is 11.5. The number of hydrogen-bond donors (Lipinski definition) is 1. The van der Waals surface area contributed by atoms with Crippen molar-refractivity contribution in [3.8, 4) is 0 Å². The summed E-state index contributed by atoms with van der Waals surface area (Å²) in [5.41, 5.74) is 10.9. The van der Waals surface area contributed by atoms with Gasteiger partial charge in [0.1, 0.15) is 0 Å². The molecule has 2 nitrogen and oxygen atoms in total. The minimum Gasteiger partial charge on any atom is -0.344 e. The van der Waals surface area contributed by atoms with Crippen LogP contribution in [-0.4, -0.2) is 4.57 Å². The summed E-state index contributed by atoms with van der Waals surface area (Å²) in [7, 11) is 0. The fourth-order valence-corrected chi connectivity index (χ4v) is 3.37. The summed E-state index contributed by atoms with van der Waals surface area (Å²) in [6.07, 6.45) is 6.16. The number of hydrogen-bond acceptors (Lipinski definition) is 1. The maximum absolute atomic E-state index is 6.49. The van der Waals surface area contributed by atoms with Crippen LogP contribution in [0.3, 0.4) is 0 Å². The molecule has 0 bridgehead atoms. The molecule has 1 aromatic heterocycles. The molecule has 2 heteroatoms. The van der Waals surface area contributed by atoms with Crippen LogP contribution in [-0.2, 0) is 18.5 Å². The highest BCUT2D eigenvalue weighted by Crippen LogP contribution is 2.48. The first-order valence-corrected chi connectivity index (χ1v) is 6.69. The third-order valence-electron chi connectivity index (χ3n) is 4.41. The topological polar surface area (TPSA) is 30.9 Å². The van der Waals surface area contributed by atoms with Crippen molar-refractivity contribution in [3.05, 3.63) is 35.5 Å². The van der Waals surface area contributed by atoms with Crippen LogP contribution in [0.15, 0.2) is 24.3 Å². The Morgan fingerprint density at radius 1 is 1.12 bits per heavy atom. The molecular formula is C15H18N2. The number of rotatable bonds is 1. The van der Waals surface area contributed by atoms with Gasteiger partial charge in [0.15, 0.2) is 0 Å². The first-order chi connectivity index (χ1) is 8.30. The summed E-state index contributed by atoms with van der Waals surface area (Å²) in [6.45, 7) is 1.17. The molecule has 0 amide bonds. The minimum absolute atomic E-state index is 0.00245. The highest BCUT2D eigenvalue weighted by atomic mass is 15.0. The van der Waals surface area contributed by atoms with Crippen LogP contribution in [0, 0.1) is 0 Å². The number of nitrogens with two attached hydrogens (primary N) is 1. The van der Waals surface area contributed by atoms with Gasteiger partial charge in [-0.1, -0.05) is 18.2 Å². The summed E-state index contributed by atoms with van der Waals surface area (Å²) in [5, 5.41) is 1.41. The average molecular weight is 226 g/mol. The van der Waals surface area contributed by atoms with Crippen molar-refractivity contribution >= 4 is 10.9 Å². The van der Waals surface area contributed by atoms with Crippen molar-refractivity contribution in [1.29, 1.82) is 0 Å². The first-order valence-electron chi connectivity index (χ1n) is 6.69. The predicted molar refractivity (Wildman–Crippen MR) is 70.0 cm³/mol. The van der Waals surface area contributed by atoms with E-state index >= 15 is 0 Å². The van der Waals surface area contributed by atoms with Crippen molar-refractivity contribution in [3.63, 3.8) is 0 Å². The Hall–Kier alpha value is -1.28. The molecule has 0 atom stereocenters. The smallest absolute Gasteiger partial charge is 0.0486 e. The van der Waals surface area contributed by atoms with E-state index in [2.05, 4.69) is 28.8 Å². The quantitative estimate of drug-likeness (QED) is 0.796. The van der Waals surface area contributed by atoms with Crippen molar-refractivity contribution in [2.45, 2.75) is 44.2 Å². The highest BCUT2D eigenvalue weighted by molar-refractivity contribution is 5.87. The van der Waals surface area contributed by atoms with Gasteiger partial charge in [-0.15, -0.1) is 0 Å². The fourth-order valence-electron chi connectivity index (χ4n) is 3.37. The molecule has 2 aliphatic rings. The molecule has 88 valence electrons. The molecule has 0 unspecified atom stereocenters. The monoisotopic (exact) mass is 226 g/mol. The Labute approximate surface area is 101 Å². The fraction of sp³-hybridized carbons (Fsp3) is 0.467. The van der Waals surface area contributed by atoms with Gasteiger partial charge >= 0.3 is 0 Å². The van der Waals surface area contributed by atoms with Gasteiger partial charge in [0.05, 0.1) is 0 Å². The molecule has 1 fully saturated rings. The third kappa shape index (κ3) is 1.25. The standard InChI is InChI=1S/C15H18N2/c16-15(8-9-15)14-11-5-1-2-6-12(11)17-10-4-3-7-13(14)17/h1-2,5-6H,3-4,7-10,16H2. The van der Waals surface area contributed by atoms with Crippen molar-refractivity contribution in [2.24, 2.45) is 5.73 Å². The molecular weight excluding hydrogens is 208 g/mol. The second kappa shape index (κ2) is 3.14. The average Bonchev–Trinajstić information content (AvgIpc) is 3.01. The molecule has 1 saturated carbocycles. The largest absolute Gasteiger partial charge is 0.344 e. The molecule has 0 radical (unpaired) electrons. The number of benzene rings is 1. The highest BCUT2D eigenvalue weighted by Gasteiger charge is 2.44. The number of nitrogens with zero attached hydrogens (tertiary/aromatic N) is 1. The van der Waals surface area contributed by atoms with Crippen molar-refractivity contribution in [2.75, 3.05) is 0 Å². The van der Waals surface area contributed by atoms with Crippen molar-refractivity contribution in [1.82, 2.24) is 4.57 Å². The van der Waals surface area contributed by atoms with Crippen LogP contribution in [0.5, 0.6) is 0 Å². The van der Waals surface area contributed by atoms with E-state index in [1.807, 2.05) is 0 Å². The molecule has 2 aromatic rings. The van der Waals surface area contributed by atoms with E-state index in [0.29, 0.717) is 0 Å². The molecule has 1 aromatic carbocycles. The van der Waals surface area contributed by atoms with Crippen LogP contribution >= 0.6 is 0 Å². The van der Waals surface area contributed by atoms with Crippen LogP contribution in [0.1, 0.15) is 36.9 Å². The zero-order valence-corrected chi connectivity index (χ0v) is 10.1. The first kappa shape index (κ1) is 9.72. The predicted octanol–water partition coefficient (Wildman–Crippen LogP) is 2.93. The van der Waals surface area contributed by atoms with E-state index < -0.39 is 0 Å². The Bertz CT molecular complexity index is 590. The van der Waals surface area contributed by atoms with Gasteiger partial charge in [-0.2, -0.15) is 0 Å². The lowest BCUT2D eigenvalue weighted by atomic mass is 9.98. The van der Waals surface area contributed by atoms with Crippen molar-refractivity contribution < 1.29 is 0 Å². The Kier molecular flexibility index (Phi) is 1.79. The number of para-hydroxylation sites is 1. The summed E-state index contributed by atoms with van der Waals surface area (Å²) in [4.78, 5) is 0. The lowest BCUT2D eigenvalue weighted by molar-refractivity contribution is 0.534. The van der Waals surface area contributed by atoms with Crippen LogP contribution in [0.2, 0.25) is 0 Å². The van der Waals surface area contributed by atoms with E-state index in [1.165, 1.54) is 48.0 Å². The van der Waals surface area contributed by atoms with Crippen LogP contribution < -0.4 is 5.73 Å². The van der Waals surface area contributed by atoms with Gasteiger partial charge in [-0.3, -0.25) is 0 Å². The van der Waals surface area contributed by atoms with Gasteiger partial charge in [-0.05, 0) is 38.2 Å². The second-order valence-electron chi connectivity index (χ2n) is 5.60. The van der Waals surface area contributed by atoms with E-state index in [9.17, 15) is 0 Å². The molecule has 4 rings (SSSR count). The van der Waals surface area contributed by atoms with E-state index in [0.717, 1.165) is 12.8 Å². The number of aryl methyl sites for hydroxylation is 1. The summed E-state index contributed by atoms with van der Waals surface area (Å²) in [6, 6.07) is 8.79. The van der Waals surface area contributed by atoms with E-state index in [4.69, 9.17) is 5.73 Å². The molecule has 17 heavy (non-hydrogen) atoms. The molecule has 2 heterocycles. The van der Waals surface area contributed by atoms with E-state index in [1.54, 1.807) is 0 Å². The Morgan fingerprint density at radius 2 is 1.94 bits per heavy atom. The maximum Gasteiger partial charge on any atom is 0.0486 e. The SMILES string of the molecule is NC1(c2c3n(c4ccccc24)CCCC3)CC1. The third-order valence-corrected chi connectivity index (χ3v) is 4.41. The molecule has 2 N–H and O–H groups in total. The number of aromatic nitrogens is 1. The van der Waals surface area contributed by atoms with E-state index in [-0.39, 0.29) is 5.54 Å². The summed E-state index contributed by atoms with van der Waals surface area (Å²) >= 11 is 0. The van der Waals surface area contributed by atoms with Gasteiger partial charge < -0.3 is 10.3 Å². The molecule has 0 spiro atoms. The Morgan fingerprint density at radius 3 is 2.76 bits per heavy atom. The minimum atomic E-state index is -0.00245.